The number of hydrogen-bond acceptors (Lipinski definition) is 2. The molecule has 0 heterocycles. The van der Waals surface area contributed by atoms with Gasteiger partial charge in [-0.2, -0.15) is 0 Å². The first kappa shape index (κ1) is 12.0. The highest BCUT2D eigenvalue weighted by Crippen LogP contribution is 2.13. The molecular weight excluding hydrogens is 188 g/mol. The maximum Gasteiger partial charge on any atom is 0.0565 e. The molecule has 0 radical (unpaired) electrons. The molecular formula is C13H18O2. The van der Waals surface area contributed by atoms with E-state index in [2.05, 4.69) is 6.58 Å². The number of aliphatic hydroxyl groups is 2. The third-order valence-electron chi connectivity index (χ3n) is 2.48. The molecule has 82 valence electrons. The molecule has 0 bridgehead atoms. The van der Waals surface area contributed by atoms with Crippen molar-refractivity contribution in [1.82, 2.24) is 0 Å². The van der Waals surface area contributed by atoms with Crippen LogP contribution in [-0.2, 0) is 6.42 Å². The monoisotopic (exact) mass is 206 g/mol. The minimum absolute atomic E-state index is 0.0459. The summed E-state index contributed by atoms with van der Waals surface area (Å²) in [6, 6.07) is 8.02. The molecule has 1 atom stereocenters. The molecule has 2 heteroatoms. The van der Waals surface area contributed by atoms with Gasteiger partial charge < -0.3 is 10.2 Å². The Morgan fingerprint density at radius 3 is 2.67 bits per heavy atom. The van der Waals surface area contributed by atoms with Crippen molar-refractivity contribution in [2.24, 2.45) is 0 Å². The van der Waals surface area contributed by atoms with Gasteiger partial charge in [0.2, 0.25) is 0 Å². The van der Waals surface area contributed by atoms with E-state index >= 15 is 0 Å². The summed E-state index contributed by atoms with van der Waals surface area (Å²) in [5, 5.41) is 18.1. The van der Waals surface area contributed by atoms with Gasteiger partial charge in [-0.25, -0.2) is 0 Å². The van der Waals surface area contributed by atoms with Crippen LogP contribution in [0.15, 0.2) is 30.8 Å². The summed E-state index contributed by atoms with van der Waals surface area (Å²) in [5.74, 6) is 0. The van der Waals surface area contributed by atoms with Crippen LogP contribution in [0, 0.1) is 0 Å². The Kier molecular flexibility index (Phi) is 5.08. The predicted octanol–water partition coefficient (Wildman–Crippen LogP) is 2.01. The minimum Gasteiger partial charge on any atom is -0.396 e. The van der Waals surface area contributed by atoms with Crippen molar-refractivity contribution in [2.45, 2.75) is 25.4 Å². The average Bonchev–Trinajstić information content (AvgIpc) is 2.27. The van der Waals surface area contributed by atoms with Crippen molar-refractivity contribution in [1.29, 1.82) is 0 Å². The van der Waals surface area contributed by atoms with Crippen LogP contribution in [-0.4, -0.2) is 22.9 Å². The number of hydrogen-bond donors (Lipinski definition) is 2. The Morgan fingerprint density at radius 1 is 1.27 bits per heavy atom. The second-order valence-corrected chi connectivity index (χ2v) is 3.61. The lowest BCUT2D eigenvalue weighted by Gasteiger charge is -2.10. The van der Waals surface area contributed by atoms with E-state index in [1.54, 1.807) is 0 Å². The fourth-order valence-corrected chi connectivity index (χ4v) is 1.58. The summed E-state index contributed by atoms with van der Waals surface area (Å²) in [5.41, 5.74) is 2.32. The van der Waals surface area contributed by atoms with Gasteiger partial charge in [-0.15, -0.1) is 0 Å². The molecule has 0 saturated heterocycles. The molecule has 0 saturated carbocycles. The molecule has 0 fully saturated rings. The van der Waals surface area contributed by atoms with Crippen molar-refractivity contribution >= 4 is 6.08 Å². The first-order chi connectivity index (χ1) is 7.27. The van der Waals surface area contributed by atoms with Gasteiger partial charge in [0.1, 0.15) is 0 Å². The Bertz CT molecular complexity index is 307. The van der Waals surface area contributed by atoms with E-state index in [0.29, 0.717) is 12.8 Å². The highest BCUT2D eigenvalue weighted by molar-refractivity contribution is 5.51. The van der Waals surface area contributed by atoms with Crippen LogP contribution in [0.4, 0.5) is 0 Å². The maximum atomic E-state index is 9.49. The van der Waals surface area contributed by atoms with E-state index in [1.165, 1.54) is 5.56 Å². The number of aryl methyl sites for hydroxylation is 1. The van der Waals surface area contributed by atoms with Crippen molar-refractivity contribution < 1.29 is 10.2 Å². The van der Waals surface area contributed by atoms with E-state index in [1.807, 2.05) is 30.3 Å². The Labute approximate surface area is 90.9 Å². The van der Waals surface area contributed by atoms with Gasteiger partial charge in [-0.3, -0.25) is 0 Å². The van der Waals surface area contributed by atoms with Crippen LogP contribution in [0.25, 0.3) is 6.08 Å². The average molecular weight is 206 g/mol. The molecule has 0 aliphatic carbocycles. The molecule has 0 amide bonds. The Morgan fingerprint density at radius 2 is 2.00 bits per heavy atom. The molecule has 1 aromatic carbocycles. The highest BCUT2D eigenvalue weighted by Gasteiger charge is 2.05. The largest absolute Gasteiger partial charge is 0.396 e. The van der Waals surface area contributed by atoms with Gasteiger partial charge in [0.15, 0.2) is 0 Å². The predicted molar refractivity (Wildman–Crippen MR) is 62.6 cm³/mol. The number of rotatable bonds is 6. The van der Waals surface area contributed by atoms with E-state index < -0.39 is 6.10 Å². The molecule has 0 aromatic heterocycles. The quantitative estimate of drug-likeness (QED) is 0.747. The van der Waals surface area contributed by atoms with Gasteiger partial charge >= 0.3 is 0 Å². The summed E-state index contributed by atoms with van der Waals surface area (Å²) < 4.78 is 0. The molecule has 2 N–H and O–H groups in total. The second-order valence-electron chi connectivity index (χ2n) is 3.61. The first-order valence-electron chi connectivity index (χ1n) is 5.27. The fourth-order valence-electron chi connectivity index (χ4n) is 1.58. The van der Waals surface area contributed by atoms with Crippen LogP contribution in [0.2, 0.25) is 0 Å². The number of aliphatic hydroxyl groups excluding tert-OH is 2. The lowest BCUT2D eigenvalue weighted by molar-refractivity contribution is 0.125. The normalized spacial score (nSPS) is 12.4. The lowest BCUT2D eigenvalue weighted by Crippen LogP contribution is -2.10. The smallest absolute Gasteiger partial charge is 0.0565 e. The zero-order valence-electron chi connectivity index (χ0n) is 8.89. The molecule has 0 aliphatic rings. The van der Waals surface area contributed by atoms with Gasteiger partial charge in [0.25, 0.3) is 0 Å². The molecule has 1 rings (SSSR count). The molecule has 0 aliphatic heterocycles. The van der Waals surface area contributed by atoms with Gasteiger partial charge in [-0.05, 0) is 30.4 Å². The van der Waals surface area contributed by atoms with E-state index in [-0.39, 0.29) is 6.61 Å². The number of benzene rings is 1. The molecule has 1 aromatic rings. The summed E-state index contributed by atoms with van der Waals surface area (Å²) >= 11 is 0. The maximum absolute atomic E-state index is 9.49. The fraction of sp³-hybridized carbons (Fsp3) is 0.385. The van der Waals surface area contributed by atoms with Crippen molar-refractivity contribution in [3.05, 3.63) is 42.0 Å². The minimum atomic E-state index is -0.409. The van der Waals surface area contributed by atoms with Gasteiger partial charge in [0.05, 0.1) is 6.10 Å². The molecule has 1 unspecified atom stereocenters. The first-order valence-corrected chi connectivity index (χ1v) is 5.27. The topological polar surface area (TPSA) is 40.5 Å². The second kappa shape index (κ2) is 6.38. The molecule has 0 spiro atoms. The molecule has 15 heavy (non-hydrogen) atoms. The van der Waals surface area contributed by atoms with Crippen LogP contribution in [0.1, 0.15) is 24.0 Å². The van der Waals surface area contributed by atoms with Crippen molar-refractivity contribution in [2.75, 3.05) is 6.61 Å². The van der Waals surface area contributed by atoms with Crippen molar-refractivity contribution in [3.8, 4) is 0 Å². The zero-order valence-corrected chi connectivity index (χ0v) is 8.89. The van der Waals surface area contributed by atoms with Crippen LogP contribution in [0.3, 0.4) is 0 Å². The highest BCUT2D eigenvalue weighted by atomic mass is 16.3. The van der Waals surface area contributed by atoms with Crippen LogP contribution < -0.4 is 0 Å². The summed E-state index contributed by atoms with van der Waals surface area (Å²) in [7, 11) is 0. The van der Waals surface area contributed by atoms with Crippen LogP contribution in [0.5, 0.6) is 0 Å². The summed E-state index contributed by atoms with van der Waals surface area (Å²) in [4.78, 5) is 0. The third kappa shape index (κ3) is 3.86. The Balaban J connectivity index is 2.53. The van der Waals surface area contributed by atoms with Gasteiger partial charge in [0, 0.05) is 6.61 Å². The summed E-state index contributed by atoms with van der Waals surface area (Å²) in [6.45, 7) is 3.80. The molecule has 2 nitrogen and oxygen atoms in total. The SMILES string of the molecule is C=Cc1ccccc1CCC(O)CCO. The zero-order chi connectivity index (χ0) is 11.1. The Hall–Kier alpha value is -1.12. The van der Waals surface area contributed by atoms with Crippen molar-refractivity contribution in [3.63, 3.8) is 0 Å². The van der Waals surface area contributed by atoms with E-state index in [0.717, 1.165) is 12.0 Å². The van der Waals surface area contributed by atoms with Crippen LogP contribution >= 0.6 is 0 Å². The van der Waals surface area contributed by atoms with E-state index in [4.69, 9.17) is 5.11 Å². The van der Waals surface area contributed by atoms with Gasteiger partial charge in [-0.1, -0.05) is 36.9 Å². The summed E-state index contributed by atoms with van der Waals surface area (Å²) in [6.07, 6.45) is 3.38. The third-order valence-corrected chi connectivity index (χ3v) is 2.48. The standard InChI is InChI=1S/C13H18O2/c1-2-11-5-3-4-6-12(11)7-8-13(15)9-10-14/h2-6,13-15H,1,7-10H2. The lowest BCUT2D eigenvalue weighted by atomic mass is 10.0. The van der Waals surface area contributed by atoms with E-state index in [9.17, 15) is 5.11 Å².